The highest BCUT2D eigenvalue weighted by Crippen LogP contribution is 2.38. The standard InChI is InChI=1S/C55H103N2O7P/c1-7-10-13-16-19-22-25-27-29-32-35-38-41-44-47-54(58)56-52(51-63-65(60,61)62-50-49-57(4,5)6)53(46-43-40-37-34-31-24-21-18-15-12-9-3)64-55(59)48-45-42-39-36-33-30-28-26-23-20-17-14-11-8-2/h10,13,19,22,27,29,43,46,52-53H,7-9,11-12,14-18,20-21,23-26,28,30-42,44-45,47-51H2,1-6H3,(H-,56,58,60,61)/b13-10+,22-19+,29-27+,46-43+. The van der Waals surface area contributed by atoms with Crippen molar-refractivity contribution >= 4 is 19.7 Å². The molecule has 0 aliphatic rings. The van der Waals surface area contributed by atoms with Gasteiger partial charge in [0.15, 0.2) is 0 Å². The second kappa shape index (κ2) is 45.7. The van der Waals surface area contributed by atoms with Crippen LogP contribution < -0.4 is 10.2 Å². The van der Waals surface area contributed by atoms with Crippen molar-refractivity contribution in [1.29, 1.82) is 0 Å². The minimum Gasteiger partial charge on any atom is -0.756 e. The van der Waals surface area contributed by atoms with Gasteiger partial charge in [0.05, 0.1) is 33.8 Å². The number of carbonyl (C=O) groups is 2. The average Bonchev–Trinajstić information content (AvgIpc) is 3.26. The van der Waals surface area contributed by atoms with Gasteiger partial charge in [0, 0.05) is 12.8 Å². The van der Waals surface area contributed by atoms with Gasteiger partial charge in [-0.05, 0) is 63.9 Å². The number of esters is 1. The van der Waals surface area contributed by atoms with Crippen molar-refractivity contribution in [3.63, 3.8) is 0 Å². The van der Waals surface area contributed by atoms with Crippen molar-refractivity contribution < 1.29 is 37.3 Å². The predicted molar refractivity (Wildman–Crippen MR) is 275 cm³/mol. The highest BCUT2D eigenvalue weighted by Gasteiger charge is 2.27. The van der Waals surface area contributed by atoms with Gasteiger partial charge in [-0.15, -0.1) is 0 Å². The fourth-order valence-corrected chi connectivity index (χ4v) is 8.32. The molecule has 0 radical (unpaired) electrons. The number of likely N-dealkylation sites (N-methyl/N-ethyl adjacent to an activating group) is 1. The van der Waals surface area contributed by atoms with Gasteiger partial charge in [0.1, 0.15) is 19.3 Å². The van der Waals surface area contributed by atoms with Crippen LogP contribution in [-0.4, -0.2) is 69.4 Å². The number of hydrogen-bond acceptors (Lipinski definition) is 7. The Morgan fingerprint density at radius 3 is 1.48 bits per heavy atom. The van der Waals surface area contributed by atoms with E-state index in [4.69, 9.17) is 13.8 Å². The van der Waals surface area contributed by atoms with E-state index in [2.05, 4.69) is 62.5 Å². The summed E-state index contributed by atoms with van der Waals surface area (Å²) in [5, 5.41) is 3.00. The van der Waals surface area contributed by atoms with Crippen molar-refractivity contribution in [2.45, 2.75) is 251 Å². The first-order valence-electron chi connectivity index (χ1n) is 26.9. The van der Waals surface area contributed by atoms with Crippen molar-refractivity contribution in [2.24, 2.45) is 0 Å². The number of unbranched alkanes of at least 4 members (excludes halogenated alkanes) is 26. The number of allylic oxidation sites excluding steroid dienone is 7. The quantitative estimate of drug-likeness (QED) is 0.0212. The molecule has 0 aliphatic heterocycles. The fourth-order valence-electron chi connectivity index (χ4n) is 7.59. The van der Waals surface area contributed by atoms with Gasteiger partial charge in [-0.3, -0.25) is 14.2 Å². The van der Waals surface area contributed by atoms with Crippen LogP contribution in [0.25, 0.3) is 0 Å². The van der Waals surface area contributed by atoms with Crippen molar-refractivity contribution in [3.05, 3.63) is 48.6 Å². The maximum absolute atomic E-state index is 13.4. The number of quaternary nitrogens is 1. The Balaban J connectivity index is 5.41. The molecule has 0 fully saturated rings. The molecule has 1 N–H and O–H groups in total. The Morgan fingerprint density at radius 1 is 0.554 bits per heavy atom. The first kappa shape index (κ1) is 63.0. The lowest BCUT2D eigenvalue weighted by Gasteiger charge is -2.30. The normalized spacial score (nSPS) is 14.3. The number of amides is 1. The summed E-state index contributed by atoms with van der Waals surface area (Å²) in [5.74, 6) is -0.564. The number of carbonyl (C=O) groups excluding carboxylic acids is 2. The Bertz CT molecular complexity index is 1260. The Morgan fingerprint density at radius 2 is 0.985 bits per heavy atom. The van der Waals surface area contributed by atoms with E-state index in [0.717, 1.165) is 83.5 Å². The summed E-state index contributed by atoms with van der Waals surface area (Å²) < 4.78 is 30.1. The van der Waals surface area contributed by atoms with E-state index in [1.165, 1.54) is 116 Å². The van der Waals surface area contributed by atoms with Crippen molar-refractivity contribution in [2.75, 3.05) is 40.9 Å². The first-order chi connectivity index (χ1) is 31.4. The minimum absolute atomic E-state index is 0.0265. The van der Waals surface area contributed by atoms with Gasteiger partial charge >= 0.3 is 5.97 Å². The summed E-state index contributed by atoms with van der Waals surface area (Å²) in [6.45, 7) is 6.70. The lowest BCUT2D eigenvalue weighted by molar-refractivity contribution is -0.870. The maximum Gasteiger partial charge on any atom is 0.306 e. The summed E-state index contributed by atoms with van der Waals surface area (Å²) in [6, 6.07) is -0.895. The molecule has 3 unspecified atom stereocenters. The smallest absolute Gasteiger partial charge is 0.306 e. The third-order valence-electron chi connectivity index (χ3n) is 11.8. The van der Waals surface area contributed by atoms with Crippen molar-refractivity contribution in [1.82, 2.24) is 5.32 Å². The second-order valence-corrected chi connectivity index (χ2v) is 20.8. The third-order valence-corrected chi connectivity index (χ3v) is 12.7. The Hall–Kier alpha value is -2.03. The van der Waals surface area contributed by atoms with Crippen LogP contribution in [0.2, 0.25) is 0 Å². The van der Waals surface area contributed by atoms with Gasteiger partial charge in [0.25, 0.3) is 7.82 Å². The van der Waals surface area contributed by atoms with Gasteiger partial charge in [-0.2, -0.15) is 0 Å². The molecule has 380 valence electrons. The number of nitrogens with one attached hydrogen (secondary N) is 1. The van der Waals surface area contributed by atoms with E-state index in [1.54, 1.807) is 0 Å². The molecular weight excluding hydrogens is 832 g/mol. The largest absolute Gasteiger partial charge is 0.756 e. The minimum atomic E-state index is -4.69. The van der Waals surface area contributed by atoms with Crippen LogP contribution in [0.1, 0.15) is 239 Å². The van der Waals surface area contributed by atoms with Gasteiger partial charge < -0.3 is 28.5 Å². The lowest BCUT2D eigenvalue weighted by atomic mass is 10.0. The van der Waals surface area contributed by atoms with Crippen LogP contribution in [0.15, 0.2) is 48.6 Å². The Labute approximate surface area is 401 Å². The molecule has 0 aromatic carbocycles. The molecule has 3 atom stereocenters. The molecule has 0 aromatic rings. The number of ether oxygens (including phenoxy) is 1. The van der Waals surface area contributed by atoms with Crippen LogP contribution in [0.3, 0.4) is 0 Å². The fraction of sp³-hybridized carbons (Fsp3) is 0.818. The molecule has 0 aromatic heterocycles. The van der Waals surface area contributed by atoms with E-state index in [1.807, 2.05) is 33.3 Å². The molecule has 0 rings (SSSR count). The summed E-state index contributed by atoms with van der Waals surface area (Å²) in [5.41, 5.74) is 0. The summed E-state index contributed by atoms with van der Waals surface area (Å²) in [4.78, 5) is 39.7. The van der Waals surface area contributed by atoms with Crippen LogP contribution in [0.4, 0.5) is 0 Å². The molecule has 0 saturated heterocycles. The molecule has 0 heterocycles. The summed E-state index contributed by atoms with van der Waals surface area (Å²) >= 11 is 0. The second-order valence-electron chi connectivity index (χ2n) is 19.4. The molecular formula is C55H103N2O7P. The van der Waals surface area contributed by atoms with Crippen LogP contribution in [-0.2, 0) is 27.9 Å². The van der Waals surface area contributed by atoms with E-state index in [9.17, 15) is 19.0 Å². The summed E-state index contributed by atoms with van der Waals surface area (Å²) in [6.07, 6.45) is 53.6. The SMILES string of the molecule is CC/C=C/C/C=C/C/C=C/CCCCCCC(=O)NC(COP(=O)([O-])OCC[N+](C)(C)C)C(/C=C/CCCCCCCCCCC)OC(=O)CCCCCCCCCCCCCCCC. The number of rotatable bonds is 48. The van der Waals surface area contributed by atoms with Crippen LogP contribution >= 0.6 is 7.82 Å². The molecule has 0 aliphatic carbocycles. The van der Waals surface area contributed by atoms with Gasteiger partial charge in [-0.25, -0.2) is 0 Å². The van der Waals surface area contributed by atoms with Gasteiger partial charge in [-0.1, -0.05) is 211 Å². The zero-order valence-electron chi connectivity index (χ0n) is 43.2. The topological polar surface area (TPSA) is 114 Å². The van der Waals surface area contributed by atoms with E-state index in [-0.39, 0.29) is 24.9 Å². The molecule has 0 saturated carbocycles. The predicted octanol–water partition coefficient (Wildman–Crippen LogP) is 15.1. The highest BCUT2D eigenvalue weighted by molar-refractivity contribution is 7.45. The number of hydrogen-bond donors (Lipinski definition) is 1. The highest BCUT2D eigenvalue weighted by atomic mass is 31.2. The first-order valence-corrected chi connectivity index (χ1v) is 28.4. The molecule has 0 bridgehead atoms. The molecule has 9 nitrogen and oxygen atoms in total. The third kappa shape index (κ3) is 46.9. The maximum atomic E-state index is 13.4. The number of phosphoric acid groups is 1. The number of nitrogens with zero attached hydrogens (tertiary/aromatic N) is 1. The Kier molecular flexibility index (Phi) is 44.3. The molecule has 65 heavy (non-hydrogen) atoms. The van der Waals surface area contributed by atoms with Crippen molar-refractivity contribution in [3.8, 4) is 0 Å². The monoisotopic (exact) mass is 935 g/mol. The van der Waals surface area contributed by atoms with E-state index >= 15 is 0 Å². The summed E-state index contributed by atoms with van der Waals surface area (Å²) in [7, 11) is 1.17. The van der Waals surface area contributed by atoms with Crippen LogP contribution in [0.5, 0.6) is 0 Å². The molecule has 0 spiro atoms. The van der Waals surface area contributed by atoms with E-state index in [0.29, 0.717) is 23.9 Å². The van der Waals surface area contributed by atoms with E-state index < -0.39 is 26.6 Å². The zero-order valence-corrected chi connectivity index (χ0v) is 44.1. The number of phosphoric ester groups is 1. The van der Waals surface area contributed by atoms with Crippen LogP contribution in [0, 0.1) is 0 Å². The average molecular weight is 935 g/mol. The molecule has 1 amide bonds. The van der Waals surface area contributed by atoms with Gasteiger partial charge in [0.2, 0.25) is 5.91 Å². The zero-order chi connectivity index (χ0) is 48.0. The molecule has 10 heteroatoms. The lowest BCUT2D eigenvalue weighted by Crippen LogP contribution is -2.47.